The summed E-state index contributed by atoms with van der Waals surface area (Å²) in [5.41, 5.74) is 4.41. The summed E-state index contributed by atoms with van der Waals surface area (Å²) in [6, 6.07) is 9.50. The molecule has 2 amide bonds. The van der Waals surface area contributed by atoms with E-state index in [-0.39, 0.29) is 26.7 Å². The molecule has 8 heteroatoms. The zero-order valence-corrected chi connectivity index (χ0v) is 18.5. The topological polar surface area (TPSA) is 86.9 Å². The zero-order valence-electron chi connectivity index (χ0n) is 17.0. The molecule has 1 aliphatic heterocycles. The lowest BCUT2D eigenvalue weighted by molar-refractivity contribution is -0.132. The van der Waals surface area contributed by atoms with Crippen LogP contribution in [0.15, 0.2) is 36.4 Å². The molecule has 0 bridgehead atoms. The lowest BCUT2D eigenvalue weighted by Crippen LogP contribution is -2.42. The van der Waals surface area contributed by atoms with Crippen LogP contribution in [0.25, 0.3) is 0 Å². The molecule has 0 spiro atoms. The van der Waals surface area contributed by atoms with E-state index in [4.69, 9.17) is 28.9 Å². The van der Waals surface area contributed by atoms with E-state index in [1.54, 1.807) is 24.3 Å². The van der Waals surface area contributed by atoms with Crippen LogP contribution in [-0.4, -0.2) is 48.0 Å². The van der Waals surface area contributed by atoms with Crippen molar-refractivity contribution in [1.29, 1.82) is 0 Å². The molecule has 1 atom stereocenters. The minimum Gasteiger partial charge on any atom is -0.372 e. The quantitative estimate of drug-likeness (QED) is 0.646. The average molecular weight is 450 g/mol. The molecule has 0 radical (unpaired) electrons. The molecular weight excluding hydrogens is 425 g/mol. The number of aliphatic hydroxyl groups is 1. The number of benzene rings is 2. The largest absolute Gasteiger partial charge is 0.372 e. The molecule has 0 fully saturated rings. The van der Waals surface area contributed by atoms with Crippen LogP contribution in [0.2, 0.25) is 10.0 Å². The lowest BCUT2D eigenvalue weighted by Gasteiger charge is -2.25. The summed E-state index contributed by atoms with van der Waals surface area (Å²) >= 11 is 12.8. The average Bonchev–Trinajstić information content (AvgIpc) is 2.94. The van der Waals surface area contributed by atoms with E-state index >= 15 is 0 Å². The van der Waals surface area contributed by atoms with E-state index in [2.05, 4.69) is 18.7 Å². The van der Waals surface area contributed by atoms with Gasteiger partial charge in [-0.2, -0.15) is 0 Å². The first-order valence-corrected chi connectivity index (χ1v) is 10.7. The molecule has 0 aliphatic carbocycles. The van der Waals surface area contributed by atoms with Crippen LogP contribution in [0, 0.1) is 0 Å². The number of fused-ring (bicyclic) bond motifs is 1. The third-order valence-corrected chi connectivity index (χ3v) is 6.20. The number of primary amides is 1. The van der Waals surface area contributed by atoms with Gasteiger partial charge in [0, 0.05) is 28.3 Å². The number of rotatable bonds is 8. The van der Waals surface area contributed by atoms with E-state index in [0.717, 1.165) is 19.6 Å². The lowest BCUT2D eigenvalue weighted by atomic mass is 9.87. The standard InChI is InChI=1S/C22H25Cl2N3O3/c1-3-26(4-2)10-7-11-27-18-13-14(20(25)28)12-17(24)19(18)22(30,21(27)29)15-8-5-6-9-16(15)23/h5-6,8-9,12-13,30H,3-4,7,10-11H2,1-2H3,(H2,25,28). The molecule has 1 aliphatic rings. The monoisotopic (exact) mass is 449 g/mol. The fourth-order valence-corrected chi connectivity index (χ4v) is 4.56. The molecule has 3 rings (SSSR count). The molecule has 3 N–H and O–H groups in total. The highest BCUT2D eigenvalue weighted by atomic mass is 35.5. The number of halogens is 2. The van der Waals surface area contributed by atoms with Crippen molar-refractivity contribution in [2.24, 2.45) is 5.73 Å². The van der Waals surface area contributed by atoms with Crippen LogP contribution in [0.5, 0.6) is 0 Å². The first-order chi connectivity index (χ1) is 14.2. The molecule has 1 heterocycles. The maximum absolute atomic E-state index is 13.5. The minimum absolute atomic E-state index is 0.0864. The van der Waals surface area contributed by atoms with Crippen LogP contribution in [0.1, 0.15) is 41.8 Å². The number of hydrogen-bond acceptors (Lipinski definition) is 4. The number of anilines is 1. The Morgan fingerprint density at radius 2 is 1.83 bits per heavy atom. The summed E-state index contributed by atoms with van der Waals surface area (Å²) in [6.45, 7) is 7.11. The first-order valence-electron chi connectivity index (χ1n) is 9.91. The second-order valence-corrected chi connectivity index (χ2v) is 8.06. The van der Waals surface area contributed by atoms with Crippen molar-refractivity contribution in [2.75, 3.05) is 31.1 Å². The number of carbonyl (C=O) groups is 2. The van der Waals surface area contributed by atoms with Crippen molar-refractivity contribution in [3.8, 4) is 0 Å². The number of hydrogen-bond donors (Lipinski definition) is 2. The number of nitrogens with zero attached hydrogens (tertiary/aromatic N) is 2. The van der Waals surface area contributed by atoms with E-state index in [1.807, 2.05) is 0 Å². The summed E-state index contributed by atoms with van der Waals surface area (Å²) in [7, 11) is 0. The van der Waals surface area contributed by atoms with E-state index in [1.165, 1.54) is 17.0 Å². The number of amides is 2. The van der Waals surface area contributed by atoms with Gasteiger partial charge >= 0.3 is 0 Å². The van der Waals surface area contributed by atoms with Gasteiger partial charge in [0.2, 0.25) is 5.91 Å². The van der Waals surface area contributed by atoms with Crippen molar-refractivity contribution in [3.63, 3.8) is 0 Å². The van der Waals surface area contributed by atoms with Crippen LogP contribution < -0.4 is 10.6 Å². The van der Waals surface area contributed by atoms with Gasteiger partial charge in [0.05, 0.1) is 10.7 Å². The molecule has 6 nitrogen and oxygen atoms in total. The van der Waals surface area contributed by atoms with Crippen molar-refractivity contribution in [3.05, 3.63) is 63.1 Å². The second-order valence-electron chi connectivity index (χ2n) is 7.24. The molecule has 0 aromatic heterocycles. The van der Waals surface area contributed by atoms with Crippen LogP contribution >= 0.6 is 23.2 Å². The van der Waals surface area contributed by atoms with Crippen LogP contribution in [-0.2, 0) is 10.4 Å². The Kier molecular flexibility index (Phi) is 6.72. The SMILES string of the molecule is CCN(CC)CCCN1C(=O)C(O)(c2ccccc2Cl)c2c(Cl)cc(C(N)=O)cc21. The van der Waals surface area contributed by atoms with Gasteiger partial charge in [-0.3, -0.25) is 9.59 Å². The highest BCUT2D eigenvalue weighted by Crippen LogP contribution is 2.49. The smallest absolute Gasteiger partial charge is 0.268 e. The van der Waals surface area contributed by atoms with Gasteiger partial charge in [-0.15, -0.1) is 0 Å². The van der Waals surface area contributed by atoms with Crippen LogP contribution in [0.3, 0.4) is 0 Å². The molecule has 2 aromatic carbocycles. The highest BCUT2D eigenvalue weighted by Gasteiger charge is 2.53. The van der Waals surface area contributed by atoms with Crippen molar-refractivity contribution < 1.29 is 14.7 Å². The van der Waals surface area contributed by atoms with Crippen molar-refractivity contribution in [1.82, 2.24) is 4.90 Å². The molecule has 0 saturated heterocycles. The normalized spacial score (nSPS) is 18.2. The Morgan fingerprint density at radius 1 is 1.17 bits per heavy atom. The van der Waals surface area contributed by atoms with E-state index in [0.29, 0.717) is 18.7 Å². The maximum Gasteiger partial charge on any atom is 0.268 e. The summed E-state index contributed by atoms with van der Waals surface area (Å²) in [4.78, 5) is 29.0. The predicted molar refractivity (Wildman–Crippen MR) is 119 cm³/mol. The second kappa shape index (κ2) is 8.94. The highest BCUT2D eigenvalue weighted by molar-refractivity contribution is 6.35. The van der Waals surface area contributed by atoms with E-state index < -0.39 is 17.4 Å². The van der Waals surface area contributed by atoms with Gasteiger partial charge in [0.15, 0.2) is 5.60 Å². The minimum atomic E-state index is -2.05. The van der Waals surface area contributed by atoms with Gasteiger partial charge in [0.1, 0.15) is 0 Å². The Hall–Kier alpha value is -2.12. The Morgan fingerprint density at radius 3 is 2.43 bits per heavy atom. The fourth-order valence-electron chi connectivity index (χ4n) is 3.94. The van der Waals surface area contributed by atoms with Gasteiger partial charge in [-0.05, 0) is 44.3 Å². The first kappa shape index (κ1) is 22.6. The Balaban J connectivity index is 2.10. The molecule has 30 heavy (non-hydrogen) atoms. The number of nitrogens with two attached hydrogens (primary N) is 1. The summed E-state index contributed by atoms with van der Waals surface area (Å²) < 4.78 is 0. The van der Waals surface area contributed by atoms with Gasteiger partial charge in [0.25, 0.3) is 5.91 Å². The summed E-state index contributed by atoms with van der Waals surface area (Å²) in [6.07, 6.45) is 0.684. The van der Waals surface area contributed by atoms with Crippen LogP contribution in [0.4, 0.5) is 5.69 Å². The molecule has 160 valence electrons. The Bertz CT molecular complexity index is 978. The summed E-state index contributed by atoms with van der Waals surface area (Å²) in [5.74, 6) is -1.21. The van der Waals surface area contributed by atoms with Crippen molar-refractivity contribution >= 4 is 40.7 Å². The summed E-state index contributed by atoms with van der Waals surface area (Å²) in [5, 5.41) is 12.0. The molecule has 2 aromatic rings. The van der Waals surface area contributed by atoms with E-state index in [9.17, 15) is 14.7 Å². The molecule has 1 unspecified atom stereocenters. The third kappa shape index (κ3) is 3.81. The predicted octanol–water partition coefficient (Wildman–Crippen LogP) is 3.41. The third-order valence-electron chi connectivity index (χ3n) is 5.58. The molecular formula is C22H25Cl2N3O3. The van der Waals surface area contributed by atoms with Gasteiger partial charge in [-0.25, -0.2) is 0 Å². The van der Waals surface area contributed by atoms with Gasteiger partial charge < -0.3 is 20.6 Å². The van der Waals surface area contributed by atoms with Crippen molar-refractivity contribution in [2.45, 2.75) is 25.9 Å². The fraction of sp³-hybridized carbons (Fsp3) is 0.364. The molecule has 0 saturated carbocycles. The van der Waals surface area contributed by atoms with Gasteiger partial charge in [-0.1, -0.05) is 55.2 Å². The zero-order chi connectivity index (χ0) is 22.1. The maximum atomic E-state index is 13.5. The Labute approximate surface area is 186 Å². The number of carbonyl (C=O) groups excluding carboxylic acids is 2.